The Morgan fingerprint density at radius 3 is 2.73 bits per heavy atom. The van der Waals surface area contributed by atoms with Crippen molar-refractivity contribution >= 4 is 23.0 Å². The van der Waals surface area contributed by atoms with Crippen molar-refractivity contribution in [3.63, 3.8) is 0 Å². The summed E-state index contributed by atoms with van der Waals surface area (Å²) < 4.78 is 5.87. The molecule has 4 rings (SSSR count). The maximum absolute atomic E-state index is 12.9. The molecule has 2 aliphatic heterocycles. The summed E-state index contributed by atoms with van der Waals surface area (Å²) in [5.41, 5.74) is 7.76. The molecule has 0 saturated carbocycles. The van der Waals surface area contributed by atoms with E-state index in [1.807, 2.05) is 24.3 Å². The lowest BCUT2D eigenvalue weighted by Crippen LogP contribution is -2.49. The smallest absolute Gasteiger partial charge is 0.298 e. The Balaban J connectivity index is 1.36. The fraction of sp³-hybridized carbons (Fsp3) is 0.600. The molecule has 2 N–H and O–H groups in total. The van der Waals surface area contributed by atoms with E-state index in [9.17, 15) is 4.79 Å². The zero-order valence-corrected chi connectivity index (χ0v) is 15.4. The molecule has 0 radical (unpaired) electrons. The number of likely N-dealkylation sites (tertiary alicyclic amines) is 1. The van der Waals surface area contributed by atoms with Crippen molar-refractivity contribution in [1.29, 1.82) is 0 Å². The molecule has 1 amide bonds. The third-order valence-corrected chi connectivity index (χ3v) is 5.91. The van der Waals surface area contributed by atoms with Crippen LogP contribution in [0.2, 0.25) is 0 Å². The molecule has 6 heteroatoms. The SMILES string of the molecule is CC(N)C1CCCN(C(=O)C2CCN(c3nc4ccccc4o3)CC2)C1. The number of carbonyl (C=O) groups excluding carboxylic acids is 1. The summed E-state index contributed by atoms with van der Waals surface area (Å²) in [7, 11) is 0. The van der Waals surface area contributed by atoms with E-state index in [1.165, 1.54) is 0 Å². The van der Waals surface area contributed by atoms with Gasteiger partial charge in [0.2, 0.25) is 5.91 Å². The Morgan fingerprint density at radius 1 is 1.23 bits per heavy atom. The third kappa shape index (κ3) is 3.43. The van der Waals surface area contributed by atoms with E-state index in [0.29, 0.717) is 17.8 Å². The number of amides is 1. The highest BCUT2D eigenvalue weighted by molar-refractivity contribution is 5.79. The van der Waals surface area contributed by atoms with E-state index in [1.54, 1.807) is 0 Å². The number of hydrogen-bond donors (Lipinski definition) is 1. The van der Waals surface area contributed by atoms with E-state index in [-0.39, 0.29) is 12.0 Å². The zero-order valence-electron chi connectivity index (χ0n) is 15.4. The Kier molecular flexibility index (Phi) is 4.85. The monoisotopic (exact) mass is 356 g/mol. The number of hydrogen-bond acceptors (Lipinski definition) is 5. The number of aromatic nitrogens is 1. The van der Waals surface area contributed by atoms with Gasteiger partial charge >= 0.3 is 0 Å². The lowest BCUT2D eigenvalue weighted by Gasteiger charge is -2.38. The molecule has 140 valence electrons. The summed E-state index contributed by atoms with van der Waals surface area (Å²) in [5.74, 6) is 0.863. The first kappa shape index (κ1) is 17.3. The highest BCUT2D eigenvalue weighted by Gasteiger charge is 2.33. The van der Waals surface area contributed by atoms with Crippen molar-refractivity contribution in [3.8, 4) is 0 Å². The zero-order chi connectivity index (χ0) is 18.1. The van der Waals surface area contributed by atoms with Crippen molar-refractivity contribution in [2.45, 2.75) is 38.6 Å². The molecule has 2 fully saturated rings. The maximum atomic E-state index is 12.9. The minimum absolute atomic E-state index is 0.113. The predicted molar refractivity (Wildman–Crippen MR) is 102 cm³/mol. The molecule has 0 spiro atoms. The van der Waals surface area contributed by atoms with Gasteiger partial charge in [-0.05, 0) is 50.7 Å². The number of oxazole rings is 1. The van der Waals surface area contributed by atoms with Gasteiger partial charge in [-0.25, -0.2) is 0 Å². The van der Waals surface area contributed by atoms with Crippen LogP contribution in [0.3, 0.4) is 0 Å². The van der Waals surface area contributed by atoms with E-state index in [4.69, 9.17) is 10.2 Å². The number of carbonyl (C=O) groups is 1. The van der Waals surface area contributed by atoms with Crippen molar-refractivity contribution in [3.05, 3.63) is 24.3 Å². The van der Waals surface area contributed by atoms with E-state index in [0.717, 1.165) is 63.0 Å². The first-order valence-corrected chi connectivity index (χ1v) is 9.76. The van der Waals surface area contributed by atoms with Crippen LogP contribution in [-0.4, -0.2) is 48.0 Å². The summed E-state index contributed by atoms with van der Waals surface area (Å²) >= 11 is 0. The molecule has 2 aromatic rings. The second-order valence-electron chi connectivity index (χ2n) is 7.77. The quantitative estimate of drug-likeness (QED) is 0.915. The largest absolute Gasteiger partial charge is 0.423 e. The summed E-state index contributed by atoms with van der Waals surface area (Å²) in [4.78, 5) is 21.7. The van der Waals surface area contributed by atoms with Gasteiger partial charge < -0.3 is 20.0 Å². The van der Waals surface area contributed by atoms with Crippen molar-refractivity contribution in [2.24, 2.45) is 17.6 Å². The van der Waals surface area contributed by atoms with E-state index in [2.05, 4.69) is 21.7 Å². The van der Waals surface area contributed by atoms with Gasteiger partial charge in [-0.1, -0.05) is 12.1 Å². The number of nitrogens with two attached hydrogens (primary N) is 1. The predicted octanol–water partition coefficient (Wildman–Crippen LogP) is 2.63. The van der Waals surface area contributed by atoms with Gasteiger partial charge in [-0.15, -0.1) is 0 Å². The lowest BCUT2D eigenvalue weighted by atomic mass is 9.89. The third-order valence-electron chi connectivity index (χ3n) is 5.91. The van der Waals surface area contributed by atoms with Crippen molar-refractivity contribution in [2.75, 3.05) is 31.1 Å². The minimum Gasteiger partial charge on any atom is -0.423 e. The van der Waals surface area contributed by atoms with Crippen molar-refractivity contribution < 1.29 is 9.21 Å². The topological polar surface area (TPSA) is 75.6 Å². The summed E-state index contributed by atoms with van der Waals surface area (Å²) in [5, 5.41) is 0. The van der Waals surface area contributed by atoms with Gasteiger partial charge in [0.25, 0.3) is 6.01 Å². The highest BCUT2D eigenvalue weighted by atomic mass is 16.4. The average molecular weight is 356 g/mol. The summed E-state index contributed by atoms with van der Waals surface area (Å²) in [6.45, 7) is 5.38. The van der Waals surface area contributed by atoms with E-state index < -0.39 is 0 Å². The molecule has 6 nitrogen and oxygen atoms in total. The molecule has 0 bridgehead atoms. The number of anilines is 1. The Morgan fingerprint density at radius 2 is 2.00 bits per heavy atom. The number of nitrogens with zero attached hydrogens (tertiary/aromatic N) is 3. The van der Waals surface area contributed by atoms with Crippen molar-refractivity contribution in [1.82, 2.24) is 9.88 Å². The molecule has 1 aromatic carbocycles. The number of para-hydroxylation sites is 2. The van der Waals surface area contributed by atoms with Crippen LogP contribution in [-0.2, 0) is 4.79 Å². The van der Waals surface area contributed by atoms with Gasteiger partial charge in [-0.3, -0.25) is 4.79 Å². The van der Waals surface area contributed by atoms with Crippen LogP contribution < -0.4 is 10.6 Å². The van der Waals surface area contributed by atoms with Crippen LogP contribution >= 0.6 is 0 Å². The Hall–Kier alpha value is -2.08. The Labute approximate surface area is 154 Å². The average Bonchev–Trinajstić information content (AvgIpc) is 3.12. The fourth-order valence-corrected chi connectivity index (χ4v) is 4.21. The molecule has 0 aliphatic carbocycles. The fourth-order valence-electron chi connectivity index (χ4n) is 4.21. The number of benzene rings is 1. The van der Waals surface area contributed by atoms with Crippen LogP contribution in [0.1, 0.15) is 32.6 Å². The molecule has 2 unspecified atom stereocenters. The first-order chi connectivity index (χ1) is 12.6. The first-order valence-electron chi connectivity index (χ1n) is 9.76. The molecule has 1 aromatic heterocycles. The highest BCUT2D eigenvalue weighted by Crippen LogP contribution is 2.28. The molecule has 2 saturated heterocycles. The standard InChI is InChI=1S/C20H28N4O2/c1-14(21)16-5-4-10-24(13-16)19(25)15-8-11-23(12-9-15)20-22-17-6-2-3-7-18(17)26-20/h2-3,6-7,14-16H,4-5,8-13,21H2,1H3. The molecule has 26 heavy (non-hydrogen) atoms. The number of piperidine rings is 2. The van der Waals surface area contributed by atoms with Crippen LogP contribution in [0, 0.1) is 11.8 Å². The summed E-state index contributed by atoms with van der Waals surface area (Å²) in [6.07, 6.45) is 3.92. The molecular formula is C20H28N4O2. The van der Waals surface area contributed by atoms with Crippen LogP contribution in [0.5, 0.6) is 0 Å². The van der Waals surface area contributed by atoms with Crippen LogP contribution in [0.4, 0.5) is 6.01 Å². The molecule has 2 atom stereocenters. The normalized spacial score (nSPS) is 23.4. The molecule has 2 aliphatic rings. The van der Waals surface area contributed by atoms with E-state index >= 15 is 0 Å². The number of rotatable bonds is 3. The van der Waals surface area contributed by atoms with Crippen LogP contribution in [0.25, 0.3) is 11.1 Å². The second kappa shape index (κ2) is 7.27. The number of fused-ring (bicyclic) bond motifs is 1. The maximum Gasteiger partial charge on any atom is 0.298 e. The van der Waals surface area contributed by atoms with Crippen LogP contribution in [0.15, 0.2) is 28.7 Å². The van der Waals surface area contributed by atoms with Gasteiger partial charge in [0, 0.05) is 38.1 Å². The lowest BCUT2D eigenvalue weighted by molar-refractivity contribution is -0.138. The minimum atomic E-state index is 0.113. The van der Waals surface area contributed by atoms with Gasteiger partial charge in [0.05, 0.1) is 0 Å². The molecular weight excluding hydrogens is 328 g/mol. The van der Waals surface area contributed by atoms with Gasteiger partial charge in [0.15, 0.2) is 5.58 Å². The van der Waals surface area contributed by atoms with Gasteiger partial charge in [-0.2, -0.15) is 4.98 Å². The second-order valence-corrected chi connectivity index (χ2v) is 7.77. The molecule has 3 heterocycles. The van der Waals surface area contributed by atoms with Gasteiger partial charge in [0.1, 0.15) is 5.52 Å². The summed E-state index contributed by atoms with van der Waals surface area (Å²) in [6, 6.07) is 8.65. The Bertz CT molecular complexity index is 731.